The number of rotatable bonds is 2. The summed E-state index contributed by atoms with van der Waals surface area (Å²) in [6.45, 7) is 1.56. The molecule has 1 unspecified atom stereocenters. The van der Waals surface area contributed by atoms with Crippen LogP contribution in [0.25, 0.3) is 0 Å². The van der Waals surface area contributed by atoms with Crippen molar-refractivity contribution in [1.29, 1.82) is 5.26 Å². The molecule has 0 spiro atoms. The fourth-order valence-electron chi connectivity index (χ4n) is 0.873. The maximum Gasteiger partial charge on any atom is 0.245 e. The Kier molecular flexibility index (Phi) is 2.49. The predicted molar refractivity (Wildman–Crippen MR) is 42.7 cm³/mol. The van der Waals surface area contributed by atoms with E-state index in [1.165, 1.54) is 11.8 Å². The highest BCUT2D eigenvalue weighted by Gasteiger charge is 2.38. The zero-order chi connectivity index (χ0) is 10.0. The lowest BCUT2D eigenvalue weighted by Gasteiger charge is -2.12. The van der Waals surface area contributed by atoms with Crippen LogP contribution >= 0.6 is 0 Å². The van der Waals surface area contributed by atoms with Crippen molar-refractivity contribution in [1.82, 2.24) is 9.91 Å². The number of nitrogens with zero attached hydrogens (tertiary/aromatic N) is 3. The van der Waals surface area contributed by atoms with Crippen molar-refractivity contribution in [3.05, 3.63) is 0 Å². The molecule has 2 amide bonds. The second-order valence-electron chi connectivity index (χ2n) is 2.84. The number of carbonyl (C=O) groups is 2. The summed E-state index contributed by atoms with van der Waals surface area (Å²) in [5.74, 6) is 4.56. The summed E-state index contributed by atoms with van der Waals surface area (Å²) in [5.41, 5.74) is 0. The molecular formula is C7H10N4O2. The molecule has 0 aromatic rings. The second kappa shape index (κ2) is 3.41. The molecule has 13 heavy (non-hydrogen) atoms. The third-order valence-corrected chi connectivity index (χ3v) is 1.79. The second-order valence-corrected chi connectivity index (χ2v) is 2.84. The molecule has 1 fully saturated rings. The average molecular weight is 182 g/mol. The fourth-order valence-corrected chi connectivity index (χ4v) is 0.873. The van der Waals surface area contributed by atoms with Gasteiger partial charge in [0.1, 0.15) is 12.6 Å². The molecule has 1 heterocycles. The molecule has 2 N–H and O–H groups in total. The first-order chi connectivity index (χ1) is 6.06. The SMILES string of the molecule is CC(=O)N(N)CC(=O)N1CC1C#N. The van der Waals surface area contributed by atoms with Crippen molar-refractivity contribution in [2.75, 3.05) is 13.1 Å². The number of hydrogen-bond acceptors (Lipinski definition) is 4. The van der Waals surface area contributed by atoms with E-state index < -0.39 is 0 Å². The van der Waals surface area contributed by atoms with E-state index in [9.17, 15) is 9.59 Å². The molecule has 0 saturated carbocycles. The van der Waals surface area contributed by atoms with Crippen LogP contribution in [0.15, 0.2) is 0 Å². The van der Waals surface area contributed by atoms with Gasteiger partial charge in [-0.3, -0.25) is 14.6 Å². The van der Waals surface area contributed by atoms with Gasteiger partial charge in [0.15, 0.2) is 0 Å². The summed E-state index contributed by atoms with van der Waals surface area (Å²) in [5, 5.41) is 9.24. The maximum atomic E-state index is 11.2. The molecular weight excluding hydrogens is 172 g/mol. The van der Waals surface area contributed by atoms with E-state index in [1.54, 1.807) is 0 Å². The highest BCUT2D eigenvalue weighted by Crippen LogP contribution is 2.15. The number of hydrogen-bond donors (Lipinski definition) is 1. The molecule has 1 aliphatic rings. The Bertz CT molecular complexity index is 283. The number of hydrazine groups is 1. The van der Waals surface area contributed by atoms with Crippen molar-refractivity contribution in [2.24, 2.45) is 5.84 Å². The van der Waals surface area contributed by atoms with Crippen LogP contribution in [0, 0.1) is 11.3 Å². The van der Waals surface area contributed by atoms with Crippen molar-refractivity contribution in [3.8, 4) is 6.07 Å². The van der Waals surface area contributed by atoms with Crippen LogP contribution in [0.4, 0.5) is 0 Å². The van der Waals surface area contributed by atoms with Gasteiger partial charge < -0.3 is 4.90 Å². The van der Waals surface area contributed by atoms with Crippen LogP contribution in [0.1, 0.15) is 6.92 Å². The first kappa shape index (κ1) is 9.48. The predicted octanol–water partition coefficient (Wildman–Crippen LogP) is -1.56. The van der Waals surface area contributed by atoms with Crippen molar-refractivity contribution in [3.63, 3.8) is 0 Å². The Balaban J connectivity index is 2.36. The molecule has 70 valence electrons. The molecule has 0 aliphatic carbocycles. The summed E-state index contributed by atoms with van der Waals surface area (Å²) in [6, 6.07) is 1.61. The Morgan fingerprint density at radius 3 is 2.77 bits per heavy atom. The molecule has 1 atom stereocenters. The van der Waals surface area contributed by atoms with Crippen molar-refractivity contribution in [2.45, 2.75) is 13.0 Å². The Morgan fingerprint density at radius 2 is 2.38 bits per heavy atom. The van der Waals surface area contributed by atoms with Gasteiger partial charge in [-0.1, -0.05) is 0 Å². The van der Waals surface area contributed by atoms with Gasteiger partial charge >= 0.3 is 0 Å². The summed E-state index contributed by atoms with van der Waals surface area (Å²) in [4.78, 5) is 23.2. The summed E-state index contributed by atoms with van der Waals surface area (Å²) in [6.07, 6.45) is 0. The summed E-state index contributed by atoms with van der Waals surface area (Å²) in [7, 11) is 0. The smallest absolute Gasteiger partial charge is 0.245 e. The molecule has 1 rings (SSSR count). The fraction of sp³-hybridized carbons (Fsp3) is 0.571. The molecule has 0 radical (unpaired) electrons. The standard InChI is InChI=1S/C7H10N4O2/c1-5(12)11(9)4-7(13)10-3-6(10)2-8/h6H,3-4,9H2,1H3. The third-order valence-electron chi connectivity index (χ3n) is 1.79. The van der Waals surface area contributed by atoms with Crippen LogP contribution in [-0.2, 0) is 9.59 Å². The lowest BCUT2D eigenvalue weighted by Crippen LogP contribution is -2.41. The van der Waals surface area contributed by atoms with Gasteiger partial charge in [-0.15, -0.1) is 0 Å². The van der Waals surface area contributed by atoms with Crippen molar-refractivity contribution >= 4 is 11.8 Å². The number of nitrogens with two attached hydrogens (primary N) is 1. The highest BCUT2D eigenvalue weighted by atomic mass is 16.2. The normalized spacial score (nSPS) is 19.2. The van der Waals surface area contributed by atoms with E-state index >= 15 is 0 Å². The summed E-state index contributed by atoms with van der Waals surface area (Å²) >= 11 is 0. The van der Waals surface area contributed by atoms with Crippen LogP contribution < -0.4 is 5.84 Å². The van der Waals surface area contributed by atoms with Gasteiger partial charge in [-0.2, -0.15) is 5.26 Å². The van der Waals surface area contributed by atoms with Gasteiger partial charge in [0.05, 0.1) is 12.6 Å². The maximum absolute atomic E-state index is 11.2. The molecule has 0 aromatic carbocycles. The van der Waals surface area contributed by atoms with Crippen LogP contribution in [0.3, 0.4) is 0 Å². The van der Waals surface area contributed by atoms with E-state index in [0.717, 1.165) is 5.01 Å². The first-order valence-electron chi connectivity index (χ1n) is 3.78. The van der Waals surface area contributed by atoms with Gasteiger partial charge in [0, 0.05) is 6.92 Å². The van der Waals surface area contributed by atoms with Gasteiger partial charge in [0.25, 0.3) is 0 Å². The lowest BCUT2D eigenvalue weighted by atomic mass is 10.5. The monoisotopic (exact) mass is 182 g/mol. The van der Waals surface area contributed by atoms with E-state index in [2.05, 4.69) is 0 Å². The number of carbonyl (C=O) groups excluding carboxylic acids is 2. The van der Waals surface area contributed by atoms with Crippen LogP contribution in [0.2, 0.25) is 0 Å². The Labute approximate surface area is 75.5 Å². The van der Waals surface area contributed by atoms with E-state index in [1.807, 2.05) is 6.07 Å². The van der Waals surface area contributed by atoms with Gasteiger partial charge in [0.2, 0.25) is 11.8 Å². The molecule has 0 bridgehead atoms. The zero-order valence-electron chi connectivity index (χ0n) is 7.23. The van der Waals surface area contributed by atoms with Crippen LogP contribution in [0.5, 0.6) is 0 Å². The third kappa shape index (κ3) is 2.16. The number of amides is 2. The molecule has 1 aliphatic heterocycles. The van der Waals surface area contributed by atoms with Crippen molar-refractivity contribution < 1.29 is 9.59 Å². The van der Waals surface area contributed by atoms with E-state index in [4.69, 9.17) is 11.1 Å². The van der Waals surface area contributed by atoms with Gasteiger partial charge in [-0.05, 0) is 0 Å². The molecule has 6 heteroatoms. The summed E-state index contributed by atoms with van der Waals surface area (Å²) < 4.78 is 0. The molecule has 1 saturated heterocycles. The van der Waals surface area contributed by atoms with E-state index in [-0.39, 0.29) is 24.4 Å². The first-order valence-corrected chi connectivity index (χ1v) is 3.78. The lowest BCUT2D eigenvalue weighted by molar-refractivity contribution is -0.136. The quantitative estimate of drug-likeness (QED) is 0.242. The highest BCUT2D eigenvalue weighted by molar-refractivity contribution is 5.85. The minimum Gasteiger partial charge on any atom is -0.320 e. The van der Waals surface area contributed by atoms with Gasteiger partial charge in [-0.25, -0.2) is 5.84 Å². The topological polar surface area (TPSA) is 90.2 Å². The average Bonchev–Trinajstić information content (AvgIpc) is 2.82. The minimum atomic E-state index is -0.372. The molecule has 0 aromatic heterocycles. The van der Waals surface area contributed by atoms with Crippen LogP contribution in [-0.4, -0.2) is 40.9 Å². The number of nitriles is 1. The largest absolute Gasteiger partial charge is 0.320 e. The molecule has 6 nitrogen and oxygen atoms in total. The van der Waals surface area contributed by atoms with E-state index in [0.29, 0.717) is 6.54 Å². The Hall–Kier alpha value is -1.61. The Morgan fingerprint density at radius 1 is 1.77 bits per heavy atom. The zero-order valence-corrected chi connectivity index (χ0v) is 7.23. The minimum absolute atomic E-state index is 0.159.